The van der Waals surface area contributed by atoms with Crippen LogP contribution in [0.5, 0.6) is 0 Å². The fourth-order valence-electron chi connectivity index (χ4n) is 2.74. The number of nitrogens with zero attached hydrogens (tertiary/aromatic N) is 3. The molecule has 2 N–H and O–H groups in total. The molecule has 124 valence electrons. The number of benzene rings is 1. The van der Waals surface area contributed by atoms with Gasteiger partial charge in [0, 0.05) is 36.5 Å². The van der Waals surface area contributed by atoms with Crippen molar-refractivity contribution in [3.63, 3.8) is 0 Å². The number of nitro groups is 1. The third kappa shape index (κ3) is 3.97. The molecule has 8 nitrogen and oxygen atoms in total. The first-order chi connectivity index (χ1) is 11.1. The lowest BCUT2D eigenvalue weighted by Gasteiger charge is -2.33. The third-order valence-electron chi connectivity index (χ3n) is 3.89. The summed E-state index contributed by atoms with van der Waals surface area (Å²) in [6, 6.07) is 4.60. The van der Waals surface area contributed by atoms with E-state index < -0.39 is 4.92 Å². The predicted molar refractivity (Wildman–Crippen MR) is 86.4 cm³/mol. The fourth-order valence-corrected chi connectivity index (χ4v) is 2.74. The van der Waals surface area contributed by atoms with Crippen molar-refractivity contribution in [3.8, 4) is 0 Å². The van der Waals surface area contributed by atoms with Gasteiger partial charge in [-0.3, -0.25) is 14.9 Å². The van der Waals surface area contributed by atoms with Crippen LogP contribution in [0, 0.1) is 16.0 Å². The molecule has 0 saturated carbocycles. The zero-order valence-electron chi connectivity index (χ0n) is 13.0. The Balaban J connectivity index is 2.14. The summed E-state index contributed by atoms with van der Waals surface area (Å²) in [7, 11) is 0. The highest BCUT2D eigenvalue weighted by Crippen LogP contribution is 2.29. The predicted octanol–water partition coefficient (Wildman–Crippen LogP) is 1.67. The Kier molecular flexibility index (Phi) is 5.51. The van der Waals surface area contributed by atoms with E-state index in [2.05, 4.69) is 10.0 Å². The SMILES string of the molecule is CCOC(=O)C1CCN(c2ccc([N+](=O)[O-])cc2C=NN)CC1. The number of carbonyl (C=O) groups excluding carboxylic acids is 1. The van der Waals surface area contributed by atoms with Gasteiger partial charge in [-0.15, -0.1) is 0 Å². The molecule has 2 rings (SSSR count). The number of hydrogen-bond acceptors (Lipinski definition) is 7. The Morgan fingerprint density at radius 3 is 2.78 bits per heavy atom. The minimum atomic E-state index is -0.454. The average Bonchev–Trinajstić information content (AvgIpc) is 2.55. The number of nitrogens with two attached hydrogens (primary N) is 1. The monoisotopic (exact) mass is 320 g/mol. The van der Waals surface area contributed by atoms with Crippen LogP contribution in [-0.4, -0.2) is 36.8 Å². The van der Waals surface area contributed by atoms with Gasteiger partial charge in [-0.25, -0.2) is 0 Å². The van der Waals surface area contributed by atoms with Crippen molar-refractivity contribution in [2.45, 2.75) is 19.8 Å². The van der Waals surface area contributed by atoms with Crippen LogP contribution in [0.1, 0.15) is 25.3 Å². The van der Waals surface area contributed by atoms with E-state index in [0.29, 0.717) is 38.1 Å². The molecule has 1 fully saturated rings. The van der Waals surface area contributed by atoms with Crippen molar-refractivity contribution in [1.29, 1.82) is 0 Å². The lowest BCUT2D eigenvalue weighted by Crippen LogP contribution is -2.37. The van der Waals surface area contributed by atoms with Crippen molar-refractivity contribution in [1.82, 2.24) is 0 Å². The van der Waals surface area contributed by atoms with Crippen LogP contribution in [0.3, 0.4) is 0 Å². The lowest BCUT2D eigenvalue weighted by atomic mass is 9.96. The van der Waals surface area contributed by atoms with Crippen LogP contribution < -0.4 is 10.7 Å². The highest BCUT2D eigenvalue weighted by Gasteiger charge is 2.27. The molecule has 0 spiro atoms. The molecule has 0 atom stereocenters. The molecule has 8 heteroatoms. The molecule has 0 amide bonds. The second-order valence-corrected chi connectivity index (χ2v) is 5.29. The van der Waals surface area contributed by atoms with Crippen LogP contribution in [0.4, 0.5) is 11.4 Å². The van der Waals surface area contributed by atoms with Crippen molar-refractivity contribution < 1.29 is 14.5 Å². The number of hydrogen-bond donors (Lipinski definition) is 1. The van der Waals surface area contributed by atoms with Gasteiger partial charge >= 0.3 is 5.97 Å². The summed E-state index contributed by atoms with van der Waals surface area (Å²) in [6.45, 7) is 3.53. The van der Waals surface area contributed by atoms with Gasteiger partial charge in [-0.2, -0.15) is 5.10 Å². The number of non-ortho nitro benzene ring substituents is 1. The van der Waals surface area contributed by atoms with Gasteiger partial charge in [0.15, 0.2) is 0 Å². The second-order valence-electron chi connectivity index (χ2n) is 5.29. The van der Waals surface area contributed by atoms with Gasteiger partial charge < -0.3 is 15.5 Å². The van der Waals surface area contributed by atoms with Gasteiger partial charge in [-0.1, -0.05) is 0 Å². The smallest absolute Gasteiger partial charge is 0.309 e. The second kappa shape index (κ2) is 7.57. The minimum Gasteiger partial charge on any atom is -0.466 e. The molecule has 1 heterocycles. The number of hydrazone groups is 1. The normalized spacial score (nSPS) is 15.8. The van der Waals surface area contributed by atoms with Crippen LogP contribution in [-0.2, 0) is 9.53 Å². The maximum absolute atomic E-state index is 11.8. The summed E-state index contributed by atoms with van der Waals surface area (Å²) < 4.78 is 5.06. The van der Waals surface area contributed by atoms with E-state index in [1.165, 1.54) is 18.3 Å². The topological polar surface area (TPSA) is 111 Å². The quantitative estimate of drug-likeness (QED) is 0.290. The van der Waals surface area contributed by atoms with Crippen molar-refractivity contribution in [3.05, 3.63) is 33.9 Å². The number of ether oxygens (including phenoxy) is 1. The molecule has 1 aromatic rings. The number of piperidine rings is 1. The Morgan fingerprint density at radius 1 is 1.52 bits per heavy atom. The molecule has 0 bridgehead atoms. The first-order valence-corrected chi connectivity index (χ1v) is 7.50. The summed E-state index contributed by atoms with van der Waals surface area (Å²) in [5.41, 5.74) is 1.41. The van der Waals surface area contributed by atoms with Gasteiger partial charge in [0.2, 0.25) is 0 Å². The molecule has 0 radical (unpaired) electrons. The molecule has 0 unspecified atom stereocenters. The number of rotatable bonds is 5. The van der Waals surface area contributed by atoms with E-state index in [1.807, 2.05) is 0 Å². The van der Waals surface area contributed by atoms with Gasteiger partial charge in [0.25, 0.3) is 5.69 Å². The highest BCUT2D eigenvalue weighted by atomic mass is 16.6. The lowest BCUT2D eigenvalue weighted by molar-refractivity contribution is -0.384. The largest absolute Gasteiger partial charge is 0.466 e. The first kappa shape index (κ1) is 16.7. The highest BCUT2D eigenvalue weighted by molar-refractivity contribution is 5.89. The molecular formula is C15H20N4O4. The van der Waals surface area contributed by atoms with Crippen molar-refractivity contribution in [2.75, 3.05) is 24.6 Å². The van der Waals surface area contributed by atoms with Gasteiger partial charge in [0.1, 0.15) is 0 Å². The minimum absolute atomic E-state index is 0.00920. The van der Waals surface area contributed by atoms with Crippen LogP contribution in [0.15, 0.2) is 23.3 Å². The Morgan fingerprint density at radius 2 is 2.22 bits per heavy atom. The molecule has 0 aromatic heterocycles. The van der Waals surface area contributed by atoms with E-state index in [1.54, 1.807) is 13.0 Å². The average molecular weight is 320 g/mol. The van der Waals surface area contributed by atoms with E-state index in [4.69, 9.17) is 10.6 Å². The molecule has 1 aliphatic rings. The summed E-state index contributed by atoms with van der Waals surface area (Å²) in [4.78, 5) is 24.3. The fraction of sp³-hybridized carbons (Fsp3) is 0.467. The molecule has 1 aliphatic heterocycles. The zero-order valence-corrected chi connectivity index (χ0v) is 13.0. The molecule has 0 aliphatic carbocycles. The van der Waals surface area contributed by atoms with E-state index in [-0.39, 0.29) is 17.6 Å². The van der Waals surface area contributed by atoms with E-state index in [0.717, 1.165) is 5.69 Å². The van der Waals surface area contributed by atoms with Crippen molar-refractivity contribution >= 4 is 23.6 Å². The number of nitro benzene ring substituents is 1. The maximum Gasteiger partial charge on any atom is 0.309 e. The summed E-state index contributed by atoms with van der Waals surface area (Å²) in [5, 5.41) is 14.4. The third-order valence-corrected chi connectivity index (χ3v) is 3.89. The Bertz CT molecular complexity index is 609. The summed E-state index contributed by atoms with van der Waals surface area (Å²) in [6.07, 6.45) is 2.78. The maximum atomic E-state index is 11.8. The molecule has 23 heavy (non-hydrogen) atoms. The van der Waals surface area contributed by atoms with E-state index >= 15 is 0 Å². The number of anilines is 1. The molecule has 1 saturated heterocycles. The standard InChI is InChI=1S/C15H20N4O4/c1-2-23-15(20)11-5-7-18(8-6-11)14-4-3-13(19(21)22)9-12(14)10-17-16/h3-4,9-11H,2,5-8,16H2,1H3. The zero-order chi connectivity index (χ0) is 16.8. The van der Waals surface area contributed by atoms with Crippen LogP contribution in [0.25, 0.3) is 0 Å². The van der Waals surface area contributed by atoms with Gasteiger partial charge in [0.05, 0.1) is 23.7 Å². The van der Waals surface area contributed by atoms with Crippen LogP contribution in [0.2, 0.25) is 0 Å². The van der Waals surface area contributed by atoms with Crippen molar-refractivity contribution in [2.24, 2.45) is 16.9 Å². The van der Waals surface area contributed by atoms with Gasteiger partial charge in [-0.05, 0) is 25.8 Å². The Hall–Kier alpha value is -2.64. The first-order valence-electron chi connectivity index (χ1n) is 7.50. The molecule has 1 aromatic carbocycles. The van der Waals surface area contributed by atoms with Crippen LogP contribution >= 0.6 is 0 Å². The van der Waals surface area contributed by atoms with E-state index in [9.17, 15) is 14.9 Å². The summed E-state index contributed by atoms with van der Waals surface area (Å²) >= 11 is 0. The summed E-state index contributed by atoms with van der Waals surface area (Å²) in [5.74, 6) is 4.96. The molecular weight excluding hydrogens is 300 g/mol. The number of carbonyl (C=O) groups is 1. The number of esters is 1. The Labute approximate surface area is 134 Å².